The number of hydrogen-bond acceptors (Lipinski definition) is 2. The van der Waals surface area contributed by atoms with Crippen molar-refractivity contribution in [1.29, 1.82) is 0 Å². The highest BCUT2D eigenvalue weighted by Crippen LogP contribution is 2.35. The molecule has 1 aliphatic rings. The monoisotopic (exact) mass is 256 g/mol. The van der Waals surface area contributed by atoms with E-state index in [2.05, 4.69) is 6.07 Å². The number of benzene rings is 1. The molecule has 18 heavy (non-hydrogen) atoms. The summed E-state index contributed by atoms with van der Waals surface area (Å²) < 4.78 is 0. The molecule has 3 rings (SSSR count). The van der Waals surface area contributed by atoms with Gasteiger partial charge in [0.2, 0.25) is 0 Å². The number of hydrogen-bond donors (Lipinski definition) is 1. The molecule has 3 heteroatoms. The molecule has 0 fully saturated rings. The van der Waals surface area contributed by atoms with Crippen LogP contribution in [0.3, 0.4) is 0 Å². The van der Waals surface area contributed by atoms with Crippen LogP contribution in [0.4, 0.5) is 0 Å². The average Bonchev–Trinajstić information content (AvgIpc) is 2.77. The largest absolute Gasteiger partial charge is 0.478 e. The van der Waals surface area contributed by atoms with E-state index in [1.165, 1.54) is 16.5 Å². The van der Waals surface area contributed by atoms with Crippen LogP contribution in [-0.4, -0.2) is 11.1 Å². The molecular formula is C15H12O2S. The van der Waals surface area contributed by atoms with Crippen LogP contribution in [-0.2, 0) is 17.6 Å². The van der Waals surface area contributed by atoms with Crippen molar-refractivity contribution < 1.29 is 9.90 Å². The van der Waals surface area contributed by atoms with Crippen LogP contribution >= 0.6 is 11.3 Å². The van der Waals surface area contributed by atoms with Gasteiger partial charge in [0.25, 0.3) is 0 Å². The van der Waals surface area contributed by atoms with Crippen LogP contribution in [0.5, 0.6) is 0 Å². The second kappa shape index (κ2) is 4.42. The molecule has 0 spiro atoms. The van der Waals surface area contributed by atoms with Crippen LogP contribution in [0.15, 0.2) is 41.8 Å². The van der Waals surface area contributed by atoms with Crippen LogP contribution in [0, 0.1) is 0 Å². The second-order valence-electron chi connectivity index (χ2n) is 4.31. The highest BCUT2D eigenvalue weighted by Gasteiger charge is 2.19. The van der Waals surface area contributed by atoms with E-state index in [1.807, 2.05) is 29.6 Å². The van der Waals surface area contributed by atoms with E-state index < -0.39 is 5.97 Å². The van der Waals surface area contributed by atoms with Gasteiger partial charge >= 0.3 is 5.97 Å². The van der Waals surface area contributed by atoms with Crippen molar-refractivity contribution in [2.75, 3.05) is 0 Å². The van der Waals surface area contributed by atoms with Crippen molar-refractivity contribution in [2.24, 2.45) is 0 Å². The average molecular weight is 256 g/mol. The molecule has 0 atom stereocenters. The zero-order chi connectivity index (χ0) is 12.5. The number of aliphatic carboxylic acids is 1. The number of fused-ring (bicyclic) bond motifs is 2. The minimum atomic E-state index is -0.890. The van der Waals surface area contributed by atoms with Gasteiger partial charge in [0.1, 0.15) is 0 Å². The molecule has 1 aliphatic carbocycles. The molecule has 0 saturated heterocycles. The Morgan fingerprint density at radius 3 is 2.83 bits per heavy atom. The van der Waals surface area contributed by atoms with Crippen LogP contribution in [0.1, 0.15) is 21.6 Å². The van der Waals surface area contributed by atoms with Crippen molar-refractivity contribution in [3.05, 3.63) is 63.4 Å². The zero-order valence-electron chi connectivity index (χ0n) is 9.72. The summed E-state index contributed by atoms with van der Waals surface area (Å²) in [5.74, 6) is -0.890. The maximum Gasteiger partial charge on any atom is 0.328 e. The van der Waals surface area contributed by atoms with Crippen molar-refractivity contribution in [3.63, 3.8) is 0 Å². The van der Waals surface area contributed by atoms with Gasteiger partial charge in [-0.05, 0) is 46.6 Å². The van der Waals surface area contributed by atoms with Gasteiger partial charge in [0, 0.05) is 11.0 Å². The fraction of sp³-hybridized carbons (Fsp3) is 0.133. The van der Waals surface area contributed by atoms with Crippen LogP contribution in [0.25, 0.3) is 5.57 Å². The first-order valence-corrected chi connectivity index (χ1v) is 6.73. The van der Waals surface area contributed by atoms with Crippen molar-refractivity contribution in [2.45, 2.75) is 12.8 Å². The van der Waals surface area contributed by atoms with Gasteiger partial charge in [-0.2, -0.15) is 0 Å². The highest BCUT2D eigenvalue weighted by molar-refractivity contribution is 7.10. The van der Waals surface area contributed by atoms with E-state index in [4.69, 9.17) is 5.11 Å². The fourth-order valence-corrected chi connectivity index (χ4v) is 3.34. The Morgan fingerprint density at radius 2 is 2.00 bits per heavy atom. The van der Waals surface area contributed by atoms with Crippen molar-refractivity contribution in [3.8, 4) is 0 Å². The normalized spacial score (nSPS) is 15.9. The third-order valence-electron chi connectivity index (χ3n) is 3.23. The highest BCUT2D eigenvalue weighted by atomic mass is 32.1. The molecule has 1 aromatic heterocycles. The molecule has 0 unspecified atom stereocenters. The molecule has 0 amide bonds. The lowest BCUT2D eigenvalue weighted by Crippen LogP contribution is -1.95. The summed E-state index contributed by atoms with van der Waals surface area (Å²) >= 11 is 1.71. The van der Waals surface area contributed by atoms with Gasteiger partial charge in [-0.15, -0.1) is 11.3 Å². The molecular weight excluding hydrogens is 244 g/mol. The smallest absolute Gasteiger partial charge is 0.328 e. The summed E-state index contributed by atoms with van der Waals surface area (Å²) in [4.78, 5) is 12.3. The number of carbonyl (C=O) groups is 1. The number of thiophene rings is 1. The standard InChI is InChI=1S/C15H12O2S/c16-15(17)9-13-11-4-2-1-3-10(11)5-6-14-12(13)7-8-18-14/h1-4,7-9H,5-6H2,(H,16,17)/b13-9-. The maximum atomic E-state index is 11.0. The molecule has 0 bridgehead atoms. The number of aryl methyl sites for hydroxylation is 2. The van der Waals surface area contributed by atoms with Crippen molar-refractivity contribution in [1.82, 2.24) is 0 Å². The van der Waals surface area contributed by atoms with E-state index in [0.717, 1.165) is 29.5 Å². The first-order valence-electron chi connectivity index (χ1n) is 5.85. The Balaban J connectivity index is 2.26. The third kappa shape index (κ3) is 1.87. The molecule has 1 heterocycles. The Bertz CT molecular complexity index is 637. The van der Waals surface area contributed by atoms with Crippen LogP contribution in [0.2, 0.25) is 0 Å². The van der Waals surface area contributed by atoms with Gasteiger partial charge in [0.05, 0.1) is 0 Å². The molecule has 0 saturated carbocycles. The lowest BCUT2D eigenvalue weighted by Gasteiger charge is -2.08. The Morgan fingerprint density at radius 1 is 1.17 bits per heavy atom. The Kier molecular flexibility index (Phi) is 2.76. The summed E-state index contributed by atoms with van der Waals surface area (Å²) in [5, 5.41) is 11.1. The lowest BCUT2D eigenvalue weighted by atomic mass is 9.96. The van der Waals surface area contributed by atoms with E-state index in [9.17, 15) is 4.79 Å². The molecule has 90 valence electrons. The third-order valence-corrected chi connectivity index (χ3v) is 4.21. The molecule has 0 aliphatic heterocycles. The quantitative estimate of drug-likeness (QED) is 0.794. The molecule has 0 radical (unpaired) electrons. The summed E-state index contributed by atoms with van der Waals surface area (Å²) in [6, 6.07) is 10.1. The summed E-state index contributed by atoms with van der Waals surface area (Å²) in [6.07, 6.45) is 3.29. The van der Waals surface area contributed by atoms with E-state index in [0.29, 0.717) is 0 Å². The fourth-order valence-electron chi connectivity index (χ4n) is 2.45. The van der Waals surface area contributed by atoms with E-state index in [-0.39, 0.29) is 0 Å². The minimum Gasteiger partial charge on any atom is -0.478 e. The van der Waals surface area contributed by atoms with Gasteiger partial charge in [-0.3, -0.25) is 0 Å². The predicted octanol–water partition coefficient (Wildman–Crippen LogP) is 3.36. The number of carboxylic acid groups (broad SMARTS) is 1. The Hall–Kier alpha value is -1.87. The molecule has 2 aromatic rings. The van der Waals surface area contributed by atoms with Gasteiger partial charge < -0.3 is 5.11 Å². The zero-order valence-corrected chi connectivity index (χ0v) is 10.5. The molecule has 2 nitrogen and oxygen atoms in total. The first-order chi connectivity index (χ1) is 8.75. The Labute approximate surface area is 109 Å². The number of carboxylic acids is 1. The number of rotatable bonds is 1. The summed E-state index contributed by atoms with van der Waals surface area (Å²) in [7, 11) is 0. The van der Waals surface area contributed by atoms with Gasteiger partial charge in [-0.25, -0.2) is 4.79 Å². The van der Waals surface area contributed by atoms with Gasteiger partial charge in [0.15, 0.2) is 0 Å². The predicted molar refractivity (Wildman–Crippen MR) is 72.9 cm³/mol. The van der Waals surface area contributed by atoms with Gasteiger partial charge in [-0.1, -0.05) is 24.3 Å². The topological polar surface area (TPSA) is 37.3 Å². The maximum absolute atomic E-state index is 11.0. The minimum absolute atomic E-state index is 0.840. The summed E-state index contributed by atoms with van der Waals surface area (Å²) in [6.45, 7) is 0. The first kappa shape index (κ1) is 11.2. The van der Waals surface area contributed by atoms with Crippen LogP contribution < -0.4 is 0 Å². The SMILES string of the molecule is O=C(O)/C=C1/c2ccccc2CCc2sccc21. The lowest BCUT2D eigenvalue weighted by molar-refractivity contribution is -0.131. The second-order valence-corrected chi connectivity index (χ2v) is 5.31. The molecule has 1 aromatic carbocycles. The molecule has 1 N–H and O–H groups in total. The summed E-state index contributed by atoms with van der Waals surface area (Å²) in [5.41, 5.74) is 4.20. The van der Waals surface area contributed by atoms with E-state index >= 15 is 0 Å². The van der Waals surface area contributed by atoms with Crippen molar-refractivity contribution >= 4 is 22.9 Å². The van der Waals surface area contributed by atoms with E-state index in [1.54, 1.807) is 11.3 Å².